The first-order valence-corrected chi connectivity index (χ1v) is 9.37. The predicted octanol–water partition coefficient (Wildman–Crippen LogP) is 4.14. The van der Waals surface area contributed by atoms with E-state index in [4.69, 9.17) is 16.3 Å². The van der Waals surface area contributed by atoms with Crippen molar-refractivity contribution in [1.82, 2.24) is 4.90 Å². The maximum absolute atomic E-state index is 12.4. The zero-order valence-corrected chi connectivity index (χ0v) is 16.4. The molecule has 1 saturated heterocycles. The second-order valence-corrected chi connectivity index (χ2v) is 7.36. The van der Waals surface area contributed by atoms with Gasteiger partial charge in [-0.2, -0.15) is 0 Å². The number of benzene rings is 2. The Balaban J connectivity index is 1.51. The summed E-state index contributed by atoms with van der Waals surface area (Å²) in [6.07, 6.45) is 0. The minimum atomic E-state index is 0.00532. The molecule has 132 valence electrons. The molecule has 1 heterocycles. The van der Waals surface area contributed by atoms with E-state index in [0.717, 1.165) is 17.6 Å². The van der Waals surface area contributed by atoms with Gasteiger partial charge in [0.25, 0.3) is 5.91 Å². The van der Waals surface area contributed by atoms with Gasteiger partial charge in [-0.25, -0.2) is 0 Å². The second kappa shape index (κ2) is 8.11. The number of carbonyl (C=O) groups excluding carboxylic acids is 1. The van der Waals surface area contributed by atoms with Crippen LogP contribution in [0.4, 0.5) is 5.69 Å². The number of hydrogen-bond acceptors (Lipinski definition) is 3. The second-order valence-electron chi connectivity index (χ2n) is 6.07. The molecule has 25 heavy (non-hydrogen) atoms. The lowest BCUT2D eigenvalue weighted by Gasteiger charge is -2.36. The predicted molar refractivity (Wildman–Crippen MR) is 105 cm³/mol. The van der Waals surface area contributed by atoms with Crippen LogP contribution < -0.4 is 9.64 Å². The molecule has 1 aliphatic rings. The number of amides is 1. The Bertz CT molecular complexity index is 761. The van der Waals surface area contributed by atoms with Crippen LogP contribution in [0.1, 0.15) is 5.56 Å². The van der Waals surface area contributed by atoms with Gasteiger partial charge in [-0.05, 0) is 58.7 Å². The summed E-state index contributed by atoms with van der Waals surface area (Å²) in [6, 6.07) is 13.7. The number of anilines is 1. The molecule has 0 N–H and O–H groups in total. The summed E-state index contributed by atoms with van der Waals surface area (Å²) in [4.78, 5) is 16.6. The van der Waals surface area contributed by atoms with E-state index in [1.807, 2.05) is 4.90 Å². The molecule has 0 radical (unpaired) electrons. The van der Waals surface area contributed by atoms with Gasteiger partial charge < -0.3 is 14.5 Å². The summed E-state index contributed by atoms with van der Waals surface area (Å²) in [6.45, 7) is 5.20. The number of piperazine rings is 1. The fourth-order valence-corrected chi connectivity index (χ4v) is 3.66. The third-order valence-corrected chi connectivity index (χ3v) is 5.10. The summed E-state index contributed by atoms with van der Waals surface area (Å²) >= 11 is 9.30. The first kappa shape index (κ1) is 18.1. The monoisotopic (exact) mass is 422 g/mol. The van der Waals surface area contributed by atoms with Crippen LogP contribution in [0.2, 0.25) is 5.02 Å². The van der Waals surface area contributed by atoms with Crippen molar-refractivity contribution < 1.29 is 9.53 Å². The Morgan fingerprint density at radius 3 is 2.60 bits per heavy atom. The molecule has 6 heteroatoms. The average Bonchev–Trinajstić information content (AvgIpc) is 2.61. The number of halogens is 2. The molecule has 0 atom stereocenters. The molecule has 0 aliphatic carbocycles. The molecule has 2 aromatic rings. The van der Waals surface area contributed by atoms with Crippen molar-refractivity contribution in [2.24, 2.45) is 0 Å². The van der Waals surface area contributed by atoms with Crippen molar-refractivity contribution in [2.75, 3.05) is 37.7 Å². The van der Waals surface area contributed by atoms with Crippen LogP contribution in [0, 0.1) is 6.92 Å². The zero-order chi connectivity index (χ0) is 17.8. The van der Waals surface area contributed by atoms with Crippen LogP contribution in [0.3, 0.4) is 0 Å². The van der Waals surface area contributed by atoms with Gasteiger partial charge >= 0.3 is 0 Å². The lowest BCUT2D eigenvalue weighted by Crippen LogP contribution is -2.50. The fraction of sp³-hybridized carbons (Fsp3) is 0.316. The highest BCUT2D eigenvalue weighted by atomic mass is 79.9. The van der Waals surface area contributed by atoms with E-state index in [-0.39, 0.29) is 12.5 Å². The van der Waals surface area contributed by atoms with Crippen LogP contribution in [0.15, 0.2) is 46.9 Å². The molecular weight excluding hydrogens is 404 g/mol. The normalized spacial score (nSPS) is 14.5. The van der Waals surface area contributed by atoms with E-state index in [9.17, 15) is 4.79 Å². The minimum absolute atomic E-state index is 0.00532. The van der Waals surface area contributed by atoms with Gasteiger partial charge in [-0.1, -0.05) is 23.7 Å². The molecule has 0 saturated carbocycles. The topological polar surface area (TPSA) is 32.8 Å². The first-order valence-electron chi connectivity index (χ1n) is 8.20. The van der Waals surface area contributed by atoms with Crippen molar-refractivity contribution in [3.05, 3.63) is 57.5 Å². The summed E-state index contributed by atoms with van der Waals surface area (Å²) in [5, 5.41) is 0.623. The molecule has 0 aromatic heterocycles. The van der Waals surface area contributed by atoms with Crippen molar-refractivity contribution in [1.29, 1.82) is 0 Å². The van der Waals surface area contributed by atoms with Crippen LogP contribution in [-0.4, -0.2) is 43.6 Å². The van der Waals surface area contributed by atoms with Crippen LogP contribution in [0.5, 0.6) is 5.75 Å². The SMILES string of the molecule is Cc1cccc(N2CCN(C(=O)COc3ccc(Cl)cc3Br)CC2)c1. The third-order valence-electron chi connectivity index (χ3n) is 4.24. The van der Waals surface area contributed by atoms with Gasteiger partial charge in [0.15, 0.2) is 6.61 Å². The maximum atomic E-state index is 12.4. The number of carbonyl (C=O) groups is 1. The molecule has 0 spiro atoms. The van der Waals surface area contributed by atoms with Crippen LogP contribution >= 0.6 is 27.5 Å². The van der Waals surface area contributed by atoms with Crippen LogP contribution in [0.25, 0.3) is 0 Å². The Morgan fingerprint density at radius 1 is 1.16 bits per heavy atom. The highest BCUT2D eigenvalue weighted by Crippen LogP contribution is 2.28. The fourth-order valence-electron chi connectivity index (χ4n) is 2.86. The zero-order valence-electron chi connectivity index (χ0n) is 14.0. The summed E-state index contributed by atoms with van der Waals surface area (Å²) in [5.41, 5.74) is 2.46. The van der Waals surface area contributed by atoms with E-state index < -0.39 is 0 Å². The van der Waals surface area contributed by atoms with E-state index in [1.165, 1.54) is 11.3 Å². The number of aryl methyl sites for hydroxylation is 1. The number of ether oxygens (including phenoxy) is 1. The van der Waals surface area contributed by atoms with Crippen molar-refractivity contribution >= 4 is 39.1 Å². The standard InChI is InChI=1S/C19H20BrClN2O2/c1-14-3-2-4-16(11-14)22-7-9-23(10-8-22)19(24)13-25-18-6-5-15(21)12-17(18)20/h2-6,11-12H,7-10,13H2,1H3. The maximum Gasteiger partial charge on any atom is 0.260 e. The largest absolute Gasteiger partial charge is 0.483 e. The van der Waals surface area contributed by atoms with Gasteiger partial charge in [0.2, 0.25) is 0 Å². The van der Waals surface area contributed by atoms with E-state index in [1.54, 1.807) is 18.2 Å². The van der Waals surface area contributed by atoms with Crippen LogP contribution in [-0.2, 0) is 4.79 Å². The summed E-state index contributed by atoms with van der Waals surface area (Å²) in [5.74, 6) is 0.627. The molecule has 1 amide bonds. The van der Waals surface area contributed by atoms with Gasteiger partial charge in [0.1, 0.15) is 5.75 Å². The molecule has 2 aromatic carbocycles. The van der Waals surface area contributed by atoms with Gasteiger partial charge in [-0.3, -0.25) is 4.79 Å². The average molecular weight is 424 g/mol. The summed E-state index contributed by atoms with van der Waals surface area (Å²) in [7, 11) is 0. The molecular formula is C19H20BrClN2O2. The van der Waals surface area contributed by atoms with E-state index in [0.29, 0.717) is 23.9 Å². The molecule has 0 bridgehead atoms. The molecule has 0 unspecified atom stereocenters. The third kappa shape index (κ3) is 4.67. The first-order chi connectivity index (χ1) is 12.0. The lowest BCUT2D eigenvalue weighted by molar-refractivity contribution is -0.133. The Hall–Kier alpha value is -1.72. The lowest BCUT2D eigenvalue weighted by atomic mass is 10.2. The molecule has 4 nitrogen and oxygen atoms in total. The summed E-state index contributed by atoms with van der Waals surface area (Å²) < 4.78 is 6.37. The van der Waals surface area contributed by atoms with Crippen molar-refractivity contribution in [3.8, 4) is 5.75 Å². The van der Waals surface area contributed by atoms with E-state index in [2.05, 4.69) is 52.0 Å². The Kier molecular flexibility index (Phi) is 5.86. The quantitative estimate of drug-likeness (QED) is 0.741. The number of rotatable bonds is 4. The van der Waals surface area contributed by atoms with Gasteiger partial charge in [0, 0.05) is 36.9 Å². The number of hydrogen-bond donors (Lipinski definition) is 0. The molecule has 3 rings (SSSR count). The smallest absolute Gasteiger partial charge is 0.260 e. The highest BCUT2D eigenvalue weighted by molar-refractivity contribution is 9.10. The van der Waals surface area contributed by atoms with Crippen molar-refractivity contribution in [3.63, 3.8) is 0 Å². The van der Waals surface area contributed by atoms with Gasteiger partial charge in [-0.15, -0.1) is 0 Å². The van der Waals surface area contributed by atoms with E-state index >= 15 is 0 Å². The molecule has 1 fully saturated rings. The Labute approximate surface area is 161 Å². The van der Waals surface area contributed by atoms with Crippen molar-refractivity contribution in [2.45, 2.75) is 6.92 Å². The highest BCUT2D eigenvalue weighted by Gasteiger charge is 2.21. The minimum Gasteiger partial charge on any atom is -0.483 e. The number of nitrogens with zero attached hydrogens (tertiary/aromatic N) is 2. The molecule has 1 aliphatic heterocycles. The Morgan fingerprint density at radius 2 is 1.92 bits per heavy atom. The van der Waals surface area contributed by atoms with Gasteiger partial charge in [0.05, 0.1) is 4.47 Å².